The molecule has 0 unspecified atom stereocenters. The lowest BCUT2D eigenvalue weighted by Gasteiger charge is -2.09. The van der Waals surface area contributed by atoms with Gasteiger partial charge in [-0.3, -0.25) is 4.79 Å². The lowest BCUT2D eigenvalue weighted by atomic mass is 10.2. The maximum absolute atomic E-state index is 13.4. The molecule has 1 amide bonds. The number of aryl methyl sites for hydroxylation is 1. The Kier molecular flexibility index (Phi) is 5.28. The Bertz CT molecular complexity index is 920. The van der Waals surface area contributed by atoms with Gasteiger partial charge in [-0.1, -0.05) is 18.2 Å². The standard InChI is InChI=1S/C16H14FN3O3S/c1-11-6-7-13(8-14(11)17)20-16(21)10-19-24(22,23)15-5-3-2-4-12(15)9-18/h2-8,19H,10H2,1H3,(H,20,21). The largest absolute Gasteiger partial charge is 0.325 e. The molecule has 0 radical (unpaired) electrons. The molecule has 0 saturated heterocycles. The minimum absolute atomic E-state index is 0.0222. The van der Waals surface area contributed by atoms with Gasteiger partial charge in [-0.05, 0) is 36.8 Å². The molecule has 24 heavy (non-hydrogen) atoms. The van der Waals surface area contributed by atoms with Crippen molar-refractivity contribution in [3.8, 4) is 6.07 Å². The first kappa shape index (κ1) is 17.6. The summed E-state index contributed by atoms with van der Waals surface area (Å²) in [5.74, 6) is -1.13. The average Bonchev–Trinajstić information content (AvgIpc) is 2.56. The van der Waals surface area contributed by atoms with Crippen LogP contribution in [0.15, 0.2) is 47.4 Å². The Morgan fingerprint density at radius 3 is 2.62 bits per heavy atom. The van der Waals surface area contributed by atoms with Gasteiger partial charge in [-0.2, -0.15) is 5.26 Å². The first-order valence-electron chi connectivity index (χ1n) is 6.88. The zero-order valence-corrected chi connectivity index (χ0v) is 13.5. The van der Waals surface area contributed by atoms with Crippen molar-refractivity contribution in [3.05, 3.63) is 59.4 Å². The van der Waals surface area contributed by atoms with Crippen molar-refractivity contribution in [2.45, 2.75) is 11.8 Å². The van der Waals surface area contributed by atoms with Gasteiger partial charge in [0.2, 0.25) is 15.9 Å². The van der Waals surface area contributed by atoms with Gasteiger partial charge >= 0.3 is 0 Å². The highest BCUT2D eigenvalue weighted by Gasteiger charge is 2.19. The molecule has 0 saturated carbocycles. The summed E-state index contributed by atoms with van der Waals surface area (Å²) in [7, 11) is -4.01. The number of sulfonamides is 1. The summed E-state index contributed by atoms with van der Waals surface area (Å²) in [6.45, 7) is 1.04. The number of rotatable bonds is 5. The molecule has 6 nitrogen and oxygen atoms in total. The van der Waals surface area contributed by atoms with Crippen molar-refractivity contribution in [1.82, 2.24) is 4.72 Å². The third kappa shape index (κ3) is 4.16. The Morgan fingerprint density at radius 1 is 1.25 bits per heavy atom. The summed E-state index contributed by atoms with van der Waals surface area (Å²) < 4.78 is 39.9. The number of nitriles is 1. The fourth-order valence-corrected chi connectivity index (χ4v) is 3.04. The third-order valence-electron chi connectivity index (χ3n) is 3.18. The maximum Gasteiger partial charge on any atom is 0.242 e. The molecule has 2 aromatic rings. The summed E-state index contributed by atoms with van der Waals surface area (Å²) >= 11 is 0. The zero-order valence-electron chi connectivity index (χ0n) is 12.7. The lowest BCUT2D eigenvalue weighted by Crippen LogP contribution is -2.33. The van der Waals surface area contributed by atoms with Gasteiger partial charge in [0.05, 0.1) is 17.0 Å². The SMILES string of the molecule is Cc1ccc(NC(=O)CNS(=O)(=O)c2ccccc2C#N)cc1F. The van der Waals surface area contributed by atoms with E-state index in [0.29, 0.717) is 5.56 Å². The fraction of sp³-hybridized carbons (Fsp3) is 0.125. The minimum Gasteiger partial charge on any atom is -0.325 e. The van der Waals surface area contributed by atoms with Crippen molar-refractivity contribution >= 4 is 21.6 Å². The highest BCUT2D eigenvalue weighted by atomic mass is 32.2. The van der Waals surface area contributed by atoms with E-state index in [0.717, 1.165) is 6.07 Å². The van der Waals surface area contributed by atoms with Gasteiger partial charge in [0, 0.05) is 5.69 Å². The Hall–Kier alpha value is -2.76. The first-order chi connectivity index (χ1) is 11.3. The summed E-state index contributed by atoms with van der Waals surface area (Å²) in [4.78, 5) is 11.6. The van der Waals surface area contributed by atoms with Crippen LogP contribution in [0.25, 0.3) is 0 Å². The number of amides is 1. The van der Waals surface area contributed by atoms with E-state index in [2.05, 4.69) is 10.0 Å². The van der Waals surface area contributed by atoms with Crippen molar-refractivity contribution < 1.29 is 17.6 Å². The average molecular weight is 347 g/mol. The fourth-order valence-electron chi connectivity index (χ4n) is 1.91. The number of carbonyl (C=O) groups is 1. The van der Waals surface area contributed by atoms with Crippen molar-refractivity contribution in [1.29, 1.82) is 5.26 Å². The second-order valence-electron chi connectivity index (χ2n) is 4.94. The molecule has 0 fully saturated rings. The van der Waals surface area contributed by atoms with Gasteiger partial charge in [-0.25, -0.2) is 17.5 Å². The molecular formula is C16H14FN3O3S. The van der Waals surface area contributed by atoms with Crippen LogP contribution >= 0.6 is 0 Å². The van der Waals surface area contributed by atoms with Crippen LogP contribution in [0.2, 0.25) is 0 Å². The Morgan fingerprint density at radius 2 is 1.96 bits per heavy atom. The van der Waals surface area contributed by atoms with E-state index in [1.165, 1.54) is 36.4 Å². The predicted molar refractivity (Wildman–Crippen MR) is 86.1 cm³/mol. The van der Waals surface area contributed by atoms with Crippen LogP contribution in [-0.2, 0) is 14.8 Å². The number of hydrogen-bond acceptors (Lipinski definition) is 4. The number of carbonyl (C=O) groups excluding carboxylic acids is 1. The number of nitrogens with zero attached hydrogens (tertiary/aromatic N) is 1. The van der Waals surface area contributed by atoms with E-state index in [1.54, 1.807) is 13.0 Å². The van der Waals surface area contributed by atoms with Crippen LogP contribution < -0.4 is 10.0 Å². The number of hydrogen-bond donors (Lipinski definition) is 2. The van der Waals surface area contributed by atoms with E-state index >= 15 is 0 Å². The maximum atomic E-state index is 13.4. The van der Waals surface area contributed by atoms with Crippen molar-refractivity contribution in [3.63, 3.8) is 0 Å². The van der Waals surface area contributed by atoms with Crippen LogP contribution in [0, 0.1) is 24.1 Å². The van der Waals surface area contributed by atoms with E-state index in [-0.39, 0.29) is 16.1 Å². The highest BCUT2D eigenvalue weighted by Crippen LogP contribution is 2.15. The Labute approximate surface area is 139 Å². The normalized spacial score (nSPS) is 10.9. The van der Waals surface area contributed by atoms with Gasteiger partial charge in [0.1, 0.15) is 11.9 Å². The molecule has 2 N–H and O–H groups in total. The minimum atomic E-state index is -4.01. The molecule has 0 atom stereocenters. The number of benzene rings is 2. The second-order valence-corrected chi connectivity index (χ2v) is 6.68. The molecule has 0 aliphatic rings. The highest BCUT2D eigenvalue weighted by molar-refractivity contribution is 7.89. The van der Waals surface area contributed by atoms with Crippen molar-refractivity contribution in [2.24, 2.45) is 0 Å². The number of nitrogens with one attached hydrogen (secondary N) is 2. The second kappa shape index (κ2) is 7.21. The molecule has 0 aliphatic heterocycles. The van der Waals surface area contributed by atoms with Crippen LogP contribution in [-0.4, -0.2) is 20.9 Å². The van der Waals surface area contributed by atoms with E-state index < -0.39 is 28.3 Å². The van der Waals surface area contributed by atoms with Gasteiger partial charge < -0.3 is 5.32 Å². The monoisotopic (exact) mass is 347 g/mol. The smallest absolute Gasteiger partial charge is 0.242 e. The topological polar surface area (TPSA) is 99.1 Å². The predicted octanol–water partition coefficient (Wildman–Crippen LogP) is 1.92. The molecule has 0 aromatic heterocycles. The summed E-state index contributed by atoms with van der Waals surface area (Å²) in [6, 6.07) is 11.6. The Balaban J connectivity index is 2.05. The molecule has 2 aromatic carbocycles. The van der Waals surface area contributed by atoms with Crippen LogP contribution in [0.1, 0.15) is 11.1 Å². The molecule has 0 bridgehead atoms. The number of anilines is 1. The van der Waals surface area contributed by atoms with Crippen LogP contribution in [0.4, 0.5) is 10.1 Å². The molecule has 8 heteroatoms. The summed E-state index contributed by atoms with van der Waals surface area (Å²) in [5.41, 5.74) is 0.632. The molecule has 0 aliphatic carbocycles. The summed E-state index contributed by atoms with van der Waals surface area (Å²) in [5, 5.41) is 11.3. The van der Waals surface area contributed by atoms with Crippen molar-refractivity contribution in [2.75, 3.05) is 11.9 Å². The molecule has 0 heterocycles. The van der Waals surface area contributed by atoms with E-state index in [9.17, 15) is 17.6 Å². The van der Waals surface area contributed by atoms with Crippen LogP contribution in [0.3, 0.4) is 0 Å². The van der Waals surface area contributed by atoms with Crippen LogP contribution in [0.5, 0.6) is 0 Å². The molecular weight excluding hydrogens is 333 g/mol. The number of halogens is 1. The molecule has 0 spiro atoms. The van der Waals surface area contributed by atoms with Gasteiger partial charge in [0.25, 0.3) is 0 Å². The van der Waals surface area contributed by atoms with E-state index in [4.69, 9.17) is 5.26 Å². The summed E-state index contributed by atoms with van der Waals surface area (Å²) in [6.07, 6.45) is 0. The lowest BCUT2D eigenvalue weighted by molar-refractivity contribution is -0.115. The quantitative estimate of drug-likeness (QED) is 0.863. The molecule has 2 rings (SSSR count). The zero-order chi connectivity index (χ0) is 17.7. The first-order valence-corrected chi connectivity index (χ1v) is 8.36. The third-order valence-corrected chi connectivity index (χ3v) is 4.63. The van der Waals surface area contributed by atoms with Gasteiger partial charge in [0.15, 0.2) is 0 Å². The van der Waals surface area contributed by atoms with Gasteiger partial charge in [-0.15, -0.1) is 0 Å². The molecule has 124 valence electrons. The van der Waals surface area contributed by atoms with E-state index in [1.807, 2.05) is 0 Å².